The van der Waals surface area contributed by atoms with E-state index < -0.39 is 40.3 Å². The molecule has 1 rings (SSSR count). The first-order valence-corrected chi connectivity index (χ1v) is 9.45. The summed E-state index contributed by atoms with van der Waals surface area (Å²) in [6.45, 7) is 18.0. The maximum atomic E-state index is 14.5. The van der Waals surface area contributed by atoms with Crippen molar-refractivity contribution in [2.75, 3.05) is 0 Å². The molecule has 0 unspecified atom stereocenters. The van der Waals surface area contributed by atoms with Gasteiger partial charge in [0.15, 0.2) is 0 Å². The Balaban J connectivity index is 3.15. The van der Waals surface area contributed by atoms with Crippen LogP contribution in [0.3, 0.4) is 0 Å². The molecule has 0 heterocycles. The molecule has 0 radical (unpaired) electrons. The van der Waals surface area contributed by atoms with Gasteiger partial charge in [0.05, 0.1) is 18.4 Å². The van der Waals surface area contributed by atoms with Gasteiger partial charge in [0.1, 0.15) is 22.8 Å². The van der Waals surface area contributed by atoms with Gasteiger partial charge in [-0.2, -0.15) is 0 Å². The summed E-state index contributed by atoms with van der Waals surface area (Å²) in [5, 5.41) is 0. The van der Waals surface area contributed by atoms with Crippen LogP contribution in [-0.2, 0) is 24.6 Å². The average molecular weight is 409 g/mol. The second-order valence-electron chi connectivity index (χ2n) is 8.94. The van der Waals surface area contributed by atoms with E-state index in [1.165, 1.54) is 0 Å². The summed E-state index contributed by atoms with van der Waals surface area (Å²) in [6.07, 6.45) is -0.586. The maximum absolute atomic E-state index is 14.5. The molecular weight excluding hydrogens is 380 g/mol. The number of nitrogens with zero attached hydrogens (tertiary/aromatic N) is 1. The molecule has 0 aliphatic carbocycles. The highest BCUT2D eigenvalue weighted by molar-refractivity contribution is 5.71. The van der Waals surface area contributed by atoms with Crippen LogP contribution in [0.25, 0.3) is 4.85 Å². The third kappa shape index (κ3) is 8.18. The zero-order valence-corrected chi connectivity index (χ0v) is 17.9. The number of hydrogen-bond donors (Lipinski definition) is 0. The van der Waals surface area contributed by atoms with E-state index in [2.05, 4.69) is 4.85 Å². The van der Waals surface area contributed by atoms with Gasteiger partial charge in [-0.3, -0.25) is 9.59 Å². The SMILES string of the molecule is [C-]#[N+]C(CCC(=O)OC(C)(C)C)(CCC(=O)OC(C)(C)C)c1cc(F)ccc1F. The van der Waals surface area contributed by atoms with Crippen LogP contribution in [0.5, 0.6) is 0 Å². The number of esters is 2. The van der Waals surface area contributed by atoms with Crippen LogP contribution in [0, 0.1) is 18.2 Å². The lowest BCUT2D eigenvalue weighted by Gasteiger charge is -2.25. The molecule has 5 nitrogen and oxygen atoms in total. The molecule has 0 aromatic heterocycles. The molecule has 0 spiro atoms. The minimum Gasteiger partial charge on any atom is -0.460 e. The van der Waals surface area contributed by atoms with E-state index >= 15 is 0 Å². The quantitative estimate of drug-likeness (QED) is 0.452. The number of carbonyl (C=O) groups is 2. The summed E-state index contributed by atoms with van der Waals surface area (Å²) in [5.74, 6) is -2.58. The highest BCUT2D eigenvalue weighted by Gasteiger charge is 2.43. The molecule has 0 saturated heterocycles. The Hall–Kier alpha value is -2.49. The van der Waals surface area contributed by atoms with Crippen molar-refractivity contribution in [2.24, 2.45) is 0 Å². The van der Waals surface area contributed by atoms with Crippen LogP contribution in [-0.4, -0.2) is 23.1 Å². The van der Waals surface area contributed by atoms with E-state index in [0.29, 0.717) is 0 Å². The molecule has 0 bridgehead atoms. The lowest BCUT2D eigenvalue weighted by molar-refractivity contribution is -0.155. The van der Waals surface area contributed by atoms with Crippen molar-refractivity contribution in [1.82, 2.24) is 0 Å². The molecule has 0 atom stereocenters. The van der Waals surface area contributed by atoms with Gasteiger partial charge in [0.2, 0.25) is 0 Å². The molecule has 1 aromatic rings. The molecule has 0 amide bonds. The van der Waals surface area contributed by atoms with Crippen molar-refractivity contribution in [3.8, 4) is 0 Å². The van der Waals surface area contributed by atoms with Crippen LogP contribution < -0.4 is 0 Å². The normalized spacial score (nSPS) is 12.2. The predicted molar refractivity (Wildman–Crippen MR) is 105 cm³/mol. The molecule has 7 heteroatoms. The Morgan fingerprint density at radius 3 is 1.76 bits per heavy atom. The van der Waals surface area contributed by atoms with Gasteiger partial charge in [0, 0.05) is 12.8 Å². The van der Waals surface area contributed by atoms with Crippen molar-refractivity contribution < 1.29 is 27.8 Å². The third-order valence-electron chi connectivity index (χ3n) is 3.97. The van der Waals surface area contributed by atoms with Crippen molar-refractivity contribution in [1.29, 1.82) is 0 Å². The molecular formula is C22H29F2NO4. The fraction of sp³-hybridized carbons (Fsp3) is 0.591. The Kier molecular flexibility index (Phi) is 7.90. The van der Waals surface area contributed by atoms with Crippen molar-refractivity contribution in [2.45, 2.75) is 84.0 Å². The second kappa shape index (κ2) is 9.34. The zero-order valence-electron chi connectivity index (χ0n) is 17.9. The van der Waals surface area contributed by atoms with Crippen LogP contribution in [0.15, 0.2) is 18.2 Å². The minimum atomic E-state index is -1.60. The molecule has 1 aromatic carbocycles. The highest BCUT2D eigenvalue weighted by atomic mass is 19.1. The van der Waals surface area contributed by atoms with Crippen LogP contribution >= 0.6 is 0 Å². The topological polar surface area (TPSA) is 57.0 Å². The van der Waals surface area contributed by atoms with E-state index in [1.54, 1.807) is 41.5 Å². The fourth-order valence-corrected chi connectivity index (χ4v) is 2.82. The molecule has 0 fully saturated rings. The van der Waals surface area contributed by atoms with E-state index in [1.807, 2.05) is 0 Å². The summed E-state index contributed by atoms with van der Waals surface area (Å²) in [4.78, 5) is 27.8. The Labute approximate surface area is 171 Å². The summed E-state index contributed by atoms with van der Waals surface area (Å²) in [5.41, 5.74) is -3.20. The number of rotatable bonds is 7. The maximum Gasteiger partial charge on any atom is 0.306 e. The van der Waals surface area contributed by atoms with Gasteiger partial charge in [0.25, 0.3) is 5.54 Å². The number of hydrogen-bond acceptors (Lipinski definition) is 4. The molecule has 0 aliphatic heterocycles. The van der Waals surface area contributed by atoms with E-state index in [4.69, 9.17) is 16.0 Å². The fourth-order valence-electron chi connectivity index (χ4n) is 2.82. The number of benzene rings is 1. The van der Waals surface area contributed by atoms with E-state index in [0.717, 1.165) is 18.2 Å². The van der Waals surface area contributed by atoms with Crippen LogP contribution in [0.4, 0.5) is 8.78 Å². The zero-order chi connectivity index (χ0) is 22.5. The predicted octanol–water partition coefficient (Wildman–Crippen LogP) is 5.32. The Morgan fingerprint density at radius 2 is 1.38 bits per heavy atom. The minimum absolute atomic E-state index is 0.116. The molecule has 29 heavy (non-hydrogen) atoms. The summed E-state index contributed by atoms with van der Waals surface area (Å²) in [6, 6.07) is 2.83. The van der Waals surface area contributed by atoms with E-state index in [-0.39, 0.29) is 31.2 Å². The van der Waals surface area contributed by atoms with Gasteiger partial charge >= 0.3 is 11.9 Å². The van der Waals surface area contributed by atoms with Crippen molar-refractivity contribution >= 4 is 11.9 Å². The van der Waals surface area contributed by atoms with Gasteiger partial charge in [-0.25, -0.2) is 15.4 Å². The van der Waals surface area contributed by atoms with Gasteiger partial charge in [-0.15, -0.1) is 0 Å². The second-order valence-corrected chi connectivity index (χ2v) is 8.94. The first-order valence-electron chi connectivity index (χ1n) is 9.45. The molecule has 0 aliphatic rings. The van der Waals surface area contributed by atoms with Crippen molar-refractivity contribution in [3.63, 3.8) is 0 Å². The monoisotopic (exact) mass is 409 g/mol. The van der Waals surface area contributed by atoms with Crippen molar-refractivity contribution in [3.05, 3.63) is 46.8 Å². The van der Waals surface area contributed by atoms with Gasteiger partial charge in [-0.1, -0.05) is 0 Å². The first kappa shape index (κ1) is 24.5. The Bertz CT molecular complexity index is 753. The smallest absolute Gasteiger partial charge is 0.306 e. The largest absolute Gasteiger partial charge is 0.460 e. The first-order chi connectivity index (χ1) is 13.2. The van der Waals surface area contributed by atoms with Gasteiger partial charge < -0.3 is 14.3 Å². The number of carbonyl (C=O) groups excluding carboxylic acids is 2. The summed E-state index contributed by atoms with van der Waals surface area (Å²) >= 11 is 0. The van der Waals surface area contributed by atoms with Crippen LogP contribution in [0.2, 0.25) is 0 Å². The Morgan fingerprint density at radius 1 is 0.931 bits per heavy atom. The van der Waals surface area contributed by atoms with E-state index in [9.17, 15) is 18.4 Å². The lowest BCUT2D eigenvalue weighted by atomic mass is 9.81. The third-order valence-corrected chi connectivity index (χ3v) is 3.97. The highest BCUT2D eigenvalue weighted by Crippen LogP contribution is 2.38. The number of halogens is 2. The molecule has 0 saturated carbocycles. The standard InChI is InChI=1S/C22H29F2NO4/c1-20(2,3)28-18(26)10-12-22(25-7,13-11-19(27)29-21(4,5)6)16-14-15(23)8-9-17(16)24/h8-9,14H,10-13H2,1-6H3. The summed E-state index contributed by atoms with van der Waals surface area (Å²) < 4.78 is 38.8. The average Bonchev–Trinajstić information content (AvgIpc) is 2.55. The molecule has 0 N–H and O–H groups in total. The number of ether oxygens (including phenoxy) is 2. The summed E-state index contributed by atoms with van der Waals surface area (Å²) in [7, 11) is 0. The lowest BCUT2D eigenvalue weighted by Crippen LogP contribution is -2.30. The van der Waals surface area contributed by atoms with Gasteiger partial charge in [-0.05, 0) is 59.7 Å². The van der Waals surface area contributed by atoms with Crippen LogP contribution in [0.1, 0.15) is 72.8 Å². The molecule has 160 valence electrons.